The average Bonchev–Trinajstić information content (AvgIpc) is 2.80. The van der Waals surface area contributed by atoms with E-state index in [1.54, 1.807) is 13.2 Å². The van der Waals surface area contributed by atoms with Gasteiger partial charge in [0.1, 0.15) is 0 Å². The molecule has 1 amide bonds. The second kappa shape index (κ2) is 5.61. The smallest absolute Gasteiger partial charge is 0.251 e. The van der Waals surface area contributed by atoms with Crippen molar-refractivity contribution in [3.05, 3.63) is 28.8 Å². The van der Waals surface area contributed by atoms with E-state index in [0.717, 1.165) is 30.4 Å². The molecule has 4 nitrogen and oxygen atoms in total. The maximum atomic E-state index is 12.3. The Labute approximate surface area is 114 Å². The average molecular weight is 262 g/mol. The quantitative estimate of drug-likeness (QED) is 0.821. The molecule has 1 fully saturated rings. The summed E-state index contributed by atoms with van der Waals surface area (Å²) < 4.78 is 5.39. The van der Waals surface area contributed by atoms with E-state index in [9.17, 15) is 4.79 Å². The Bertz CT molecular complexity index is 485. The number of hydrogen-bond donors (Lipinski definition) is 2. The van der Waals surface area contributed by atoms with Gasteiger partial charge in [-0.3, -0.25) is 4.79 Å². The molecular formula is C15H22N2O2. The zero-order chi connectivity index (χ0) is 14.0. The lowest BCUT2D eigenvalue weighted by Gasteiger charge is -2.20. The predicted octanol–water partition coefficient (Wildman–Crippen LogP) is 2.18. The van der Waals surface area contributed by atoms with E-state index in [0.29, 0.717) is 11.3 Å². The van der Waals surface area contributed by atoms with Gasteiger partial charge in [0, 0.05) is 18.4 Å². The summed E-state index contributed by atoms with van der Waals surface area (Å²) in [5.74, 6) is -0.0573. The van der Waals surface area contributed by atoms with E-state index in [2.05, 4.69) is 5.32 Å². The SMILES string of the molecule is COC1CCCC1NC(=O)c1cc(N)c(C)cc1C. The highest BCUT2D eigenvalue weighted by Crippen LogP contribution is 2.23. The molecule has 2 atom stereocenters. The number of carbonyl (C=O) groups is 1. The lowest BCUT2D eigenvalue weighted by atomic mass is 10.0. The predicted molar refractivity (Wildman–Crippen MR) is 76.2 cm³/mol. The minimum atomic E-state index is -0.0573. The molecule has 2 unspecified atom stereocenters. The van der Waals surface area contributed by atoms with Gasteiger partial charge < -0.3 is 15.8 Å². The first-order chi connectivity index (χ1) is 9.02. The molecule has 0 bridgehead atoms. The monoisotopic (exact) mass is 262 g/mol. The first-order valence-electron chi connectivity index (χ1n) is 6.73. The van der Waals surface area contributed by atoms with Crippen LogP contribution < -0.4 is 11.1 Å². The van der Waals surface area contributed by atoms with Gasteiger partial charge >= 0.3 is 0 Å². The summed E-state index contributed by atoms with van der Waals surface area (Å²) in [6.45, 7) is 3.88. The van der Waals surface area contributed by atoms with Crippen LogP contribution in [0.2, 0.25) is 0 Å². The van der Waals surface area contributed by atoms with Crippen molar-refractivity contribution in [2.45, 2.75) is 45.3 Å². The number of aryl methyl sites for hydroxylation is 2. The molecule has 1 aromatic carbocycles. The first-order valence-corrected chi connectivity index (χ1v) is 6.73. The van der Waals surface area contributed by atoms with E-state index < -0.39 is 0 Å². The minimum absolute atomic E-state index is 0.0573. The van der Waals surface area contributed by atoms with Crippen molar-refractivity contribution >= 4 is 11.6 Å². The van der Waals surface area contributed by atoms with Gasteiger partial charge in [-0.2, -0.15) is 0 Å². The minimum Gasteiger partial charge on any atom is -0.398 e. The van der Waals surface area contributed by atoms with Gasteiger partial charge in [0.2, 0.25) is 0 Å². The molecule has 0 aromatic heterocycles. The number of nitrogens with one attached hydrogen (secondary N) is 1. The zero-order valence-corrected chi connectivity index (χ0v) is 11.8. The summed E-state index contributed by atoms with van der Waals surface area (Å²) in [6.07, 6.45) is 3.21. The van der Waals surface area contributed by atoms with E-state index >= 15 is 0 Å². The highest BCUT2D eigenvalue weighted by Gasteiger charge is 2.28. The van der Waals surface area contributed by atoms with Gasteiger partial charge in [0.25, 0.3) is 5.91 Å². The normalized spacial score (nSPS) is 22.5. The van der Waals surface area contributed by atoms with Crippen LogP contribution in [-0.2, 0) is 4.74 Å². The van der Waals surface area contributed by atoms with Crippen LogP contribution in [0.1, 0.15) is 40.7 Å². The van der Waals surface area contributed by atoms with Crippen molar-refractivity contribution in [3.63, 3.8) is 0 Å². The Kier molecular flexibility index (Phi) is 4.10. The second-order valence-corrected chi connectivity index (χ2v) is 5.31. The van der Waals surface area contributed by atoms with E-state index in [1.165, 1.54) is 0 Å². The van der Waals surface area contributed by atoms with Crippen LogP contribution in [0.15, 0.2) is 12.1 Å². The van der Waals surface area contributed by atoms with Crippen LogP contribution in [0.5, 0.6) is 0 Å². The van der Waals surface area contributed by atoms with Gasteiger partial charge in [-0.05, 0) is 50.3 Å². The second-order valence-electron chi connectivity index (χ2n) is 5.31. The Balaban J connectivity index is 2.14. The molecule has 19 heavy (non-hydrogen) atoms. The summed E-state index contributed by atoms with van der Waals surface area (Å²) in [4.78, 5) is 12.3. The van der Waals surface area contributed by atoms with Crippen LogP contribution in [0, 0.1) is 13.8 Å². The van der Waals surface area contributed by atoms with E-state index in [-0.39, 0.29) is 18.1 Å². The molecular weight excluding hydrogens is 240 g/mol. The number of benzene rings is 1. The first kappa shape index (κ1) is 13.9. The van der Waals surface area contributed by atoms with Crippen molar-refractivity contribution in [3.8, 4) is 0 Å². The van der Waals surface area contributed by atoms with Crippen molar-refractivity contribution in [2.24, 2.45) is 0 Å². The van der Waals surface area contributed by atoms with Gasteiger partial charge in [-0.25, -0.2) is 0 Å². The number of carbonyl (C=O) groups excluding carboxylic acids is 1. The van der Waals surface area contributed by atoms with Crippen LogP contribution in [-0.4, -0.2) is 25.2 Å². The Morgan fingerprint density at radius 2 is 2.05 bits per heavy atom. The fourth-order valence-corrected chi connectivity index (χ4v) is 2.73. The number of amides is 1. The molecule has 0 aliphatic heterocycles. The van der Waals surface area contributed by atoms with E-state index in [4.69, 9.17) is 10.5 Å². The van der Waals surface area contributed by atoms with Gasteiger partial charge in [0.05, 0.1) is 12.1 Å². The number of nitrogen functional groups attached to an aromatic ring is 1. The summed E-state index contributed by atoms with van der Waals surface area (Å²) in [5, 5.41) is 3.06. The number of ether oxygens (including phenoxy) is 1. The molecule has 1 aromatic rings. The lowest BCUT2D eigenvalue weighted by molar-refractivity contribution is 0.0722. The Hall–Kier alpha value is -1.55. The molecule has 0 spiro atoms. The summed E-state index contributed by atoms with van der Waals surface area (Å²) in [5.41, 5.74) is 9.16. The molecule has 4 heteroatoms. The fraction of sp³-hybridized carbons (Fsp3) is 0.533. The van der Waals surface area contributed by atoms with Crippen LogP contribution in [0.25, 0.3) is 0 Å². The third kappa shape index (κ3) is 2.89. The molecule has 3 N–H and O–H groups in total. The number of nitrogens with two attached hydrogens (primary N) is 1. The van der Waals surface area contributed by atoms with Gasteiger partial charge in [0.15, 0.2) is 0 Å². The van der Waals surface area contributed by atoms with E-state index in [1.807, 2.05) is 19.9 Å². The molecule has 2 rings (SSSR count). The highest BCUT2D eigenvalue weighted by atomic mass is 16.5. The molecule has 1 aliphatic carbocycles. The largest absolute Gasteiger partial charge is 0.398 e. The highest BCUT2D eigenvalue weighted by molar-refractivity contribution is 5.97. The zero-order valence-electron chi connectivity index (χ0n) is 11.8. The summed E-state index contributed by atoms with van der Waals surface area (Å²) in [7, 11) is 1.70. The maximum Gasteiger partial charge on any atom is 0.251 e. The molecule has 0 saturated heterocycles. The van der Waals surface area contributed by atoms with Gasteiger partial charge in [-0.1, -0.05) is 6.07 Å². The third-order valence-electron chi connectivity index (χ3n) is 3.93. The molecule has 0 heterocycles. The number of hydrogen-bond acceptors (Lipinski definition) is 3. The van der Waals surface area contributed by atoms with Crippen molar-refractivity contribution in [2.75, 3.05) is 12.8 Å². The molecule has 104 valence electrons. The molecule has 0 radical (unpaired) electrons. The topological polar surface area (TPSA) is 64.3 Å². The van der Waals surface area contributed by atoms with Gasteiger partial charge in [-0.15, -0.1) is 0 Å². The Morgan fingerprint density at radius 1 is 1.32 bits per heavy atom. The third-order valence-corrected chi connectivity index (χ3v) is 3.93. The summed E-state index contributed by atoms with van der Waals surface area (Å²) in [6, 6.07) is 3.82. The number of rotatable bonds is 3. The summed E-state index contributed by atoms with van der Waals surface area (Å²) >= 11 is 0. The van der Waals surface area contributed by atoms with Crippen molar-refractivity contribution in [1.29, 1.82) is 0 Å². The fourth-order valence-electron chi connectivity index (χ4n) is 2.73. The number of methoxy groups -OCH3 is 1. The van der Waals surface area contributed by atoms with Crippen LogP contribution >= 0.6 is 0 Å². The maximum absolute atomic E-state index is 12.3. The molecule has 1 saturated carbocycles. The number of anilines is 1. The molecule has 1 aliphatic rings. The standard InChI is InChI=1S/C15H22N2O2/c1-9-7-10(2)12(16)8-11(9)15(18)17-13-5-4-6-14(13)19-3/h7-8,13-14H,4-6,16H2,1-3H3,(H,17,18). The van der Waals surface area contributed by atoms with Crippen LogP contribution in [0.4, 0.5) is 5.69 Å². The van der Waals surface area contributed by atoms with Crippen molar-refractivity contribution < 1.29 is 9.53 Å². The van der Waals surface area contributed by atoms with Crippen molar-refractivity contribution in [1.82, 2.24) is 5.32 Å². The lowest BCUT2D eigenvalue weighted by Crippen LogP contribution is -2.41. The van der Waals surface area contributed by atoms with Crippen LogP contribution in [0.3, 0.4) is 0 Å². The Morgan fingerprint density at radius 3 is 2.74 bits per heavy atom.